The van der Waals surface area contributed by atoms with Crippen LogP contribution >= 0.6 is 0 Å². The molecular formula is C22H24N2O3. The van der Waals surface area contributed by atoms with Gasteiger partial charge in [-0.05, 0) is 37.3 Å². The maximum atomic E-state index is 12.5. The first kappa shape index (κ1) is 18.7. The lowest BCUT2D eigenvalue weighted by Gasteiger charge is -2.10. The highest BCUT2D eigenvalue weighted by Crippen LogP contribution is 2.25. The molecule has 0 saturated carbocycles. The summed E-state index contributed by atoms with van der Waals surface area (Å²) in [7, 11) is 0. The van der Waals surface area contributed by atoms with E-state index in [0.717, 1.165) is 27.8 Å². The Morgan fingerprint density at radius 3 is 2.59 bits per heavy atom. The first-order chi connectivity index (χ1) is 13.0. The molecule has 0 saturated heterocycles. The van der Waals surface area contributed by atoms with Crippen LogP contribution in [0.4, 0.5) is 0 Å². The Bertz CT molecular complexity index is 983. The zero-order chi connectivity index (χ0) is 19.4. The molecule has 5 nitrogen and oxygen atoms in total. The van der Waals surface area contributed by atoms with Gasteiger partial charge in [0.05, 0.1) is 6.54 Å². The summed E-state index contributed by atoms with van der Waals surface area (Å²) in [5.74, 6) is 0.550. The maximum absolute atomic E-state index is 12.5. The fraction of sp³-hybridized carbons (Fsp3) is 0.273. The predicted molar refractivity (Wildman–Crippen MR) is 107 cm³/mol. The van der Waals surface area contributed by atoms with E-state index in [4.69, 9.17) is 4.74 Å². The lowest BCUT2D eigenvalue weighted by molar-refractivity contribution is 0.0941. The average molecular weight is 364 g/mol. The third-order valence-corrected chi connectivity index (χ3v) is 4.62. The highest BCUT2D eigenvalue weighted by atomic mass is 16.5. The molecule has 0 aliphatic carbocycles. The number of H-pyrrole nitrogens is 1. The van der Waals surface area contributed by atoms with Gasteiger partial charge in [0.15, 0.2) is 5.78 Å². The number of aromatic amines is 1. The summed E-state index contributed by atoms with van der Waals surface area (Å²) in [5.41, 5.74) is 2.59. The normalized spacial score (nSPS) is 10.8. The van der Waals surface area contributed by atoms with Crippen molar-refractivity contribution in [2.24, 2.45) is 0 Å². The molecule has 5 heteroatoms. The number of hydrogen-bond acceptors (Lipinski definition) is 3. The number of carbonyl (C=O) groups is 2. The number of aromatic nitrogens is 1. The van der Waals surface area contributed by atoms with Crippen molar-refractivity contribution >= 4 is 22.5 Å². The van der Waals surface area contributed by atoms with Crippen molar-refractivity contribution in [2.45, 2.75) is 27.2 Å². The fourth-order valence-electron chi connectivity index (χ4n) is 3.44. The predicted octanol–water partition coefficient (Wildman–Crippen LogP) is 4.05. The lowest BCUT2D eigenvalue weighted by atomic mass is 10.0. The van der Waals surface area contributed by atoms with Crippen LogP contribution in [0, 0.1) is 6.92 Å². The second-order valence-electron chi connectivity index (χ2n) is 6.47. The van der Waals surface area contributed by atoms with Crippen LogP contribution in [0.1, 0.15) is 46.0 Å². The third-order valence-electron chi connectivity index (χ3n) is 4.62. The van der Waals surface area contributed by atoms with E-state index in [1.54, 1.807) is 0 Å². The largest absolute Gasteiger partial charge is 0.491 e. The van der Waals surface area contributed by atoms with Crippen LogP contribution in [0.25, 0.3) is 10.8 Å². The second-order valence-corrected chi connectivity index (χ2v) is 6.47. The summed E-state index contributed by atoms with van der Waals surface area (Å²) < 4.78 is 5.85. The van der Waals surface area contributed by atoms with Gasteiger partial charge in [0.25, 0.3) is 5.91 Å². The van der Waals surface area contributed by atoms with E-state index in [1.807, 2.05) is 56.3 Å². The SMILES string of the molecule is CCc1c(C(=O)NCCOc2cccc3ccccc23)[nH]c(C)c1C(C)=O. The Morgan fingerprint density at radius 2 is 1.85 bits per heavy atom. The van der Waals surface area contributed by atoms with E-state index in [1.165, 1.54) is 6.92 Å². The van der Waals surface area contributed by atoms with Crippen molar-refractivity contribution in [1.29, 1.82) is 0 Å². The van der Waals surface area contributed by atoms with Crippen LogP contribution in [0.5, 0.6) is 5.75 Å². The first-order valence-electron chi connectivity index (χ1n) is 9.14. The molecule has 27 heavy (non-hydrogen) atoms. The molecule has 0 bridgehead atoms. The monoisotopic (exact) mass is 364 g/mol. The summed E-state index contributed by atoms with van der Waals surface area (Å²) in [6.45, 7) is 6.01. The molecular weight excluding hydrogens is 340 g/mol. The van der Waals surface area contributed by atoms with Crippen LogP contribution in [-0.4, -0.2) is 29.8 Å². The fourth-order valence-corrected chi connectivity index (χ4v) is 3.44. The van der Waals surface area contributed by atoms with Gasteiger partial charge in [0.1, 0.15) is 18.1 Å². The molecule has 3 rings (SSSR count). The van der Waals surface area contributed by atoms with Gasteiger partial charge >= 0.3 is 0 Å². The van der Waals surface area contributed by atoms with Crippen molar-refractivity contribution < 1.29 is 14.3 Å². The van der Waals surface area contributed by atoms with Crippen molar-refractivity contribution in [3.05, 3.63) is 65.0 Å². The molecule has 2 aromatic carbocycles. The molecule has 0 aliphatic heterocycles. The number of ether oxygens (including phenoxy) is 1. The van der Waals surface area contributed by atoms with Crippen LogP contribution in [0.3, 0.4) is 0 Å². The minimum atomic E-state index is -0.219. The van der Waals surface area contributed by atoms with E-state index in [-0.39, 0.29) is 11.7 Å². The maximum Gasteiger partial charge on any atom is 0.268 e. The molecule has 140 valence electrons. The molecule has 3 aromatic rings. The summed E-state index contributed by atoms with van der Waals surface area (Å²) >= 11 is 0. The van der Waals surface area contributed by atoms with Crippen molar-refractivity contribution in [2.75, 3.05) is 13.2 Å². The van der Waals surface area contributed by atoms with Gasteiger partial charge in [-0.2, -0.15) is 0 Å². The Labute approximate surface area is 158 Å². The minimum Gasteiger partial charge on any atom is -0.491 e. The molecule has 0 atom stereocenters. The summed E-state index contributed by atoms with van der Waals surface area (Å²) in [4.78, 5) is 27.4. The number of carbonyl (C=O) groups excluding carboxylic acids is 2. The van der Waals surface area contributed by atoms with Crippen molar-refractivity contribution in [3.63, 3.8) is 0 Å². The molecule has 1 amide bonds. The smallest absolute Gasteiger partial charge is 0.268 e. The van der Waals surface area contributed by atoms with Crippen LogP contribution < -0.4 is 10.1 Å². The zero-order valence-corrected chi connectivity index (χ0v) is 15.9. The van der Waals surface area contributed by atoms with Crippen LogP contribution in [0.15, 0.2) is 42.5 Å². The number of nitrogens with one attached hydrogen (secondary N) is 2. The lowest BCUT2D eigenvalue weighted by Crippen LogP contribution is -2.29. The average Bonchev–Trinajstić information content (AvgIpc) is 3.01. The van der Waals surface area contributed by atoms with Gasteiger partial charge in [0, 0.05) is 16.6 Å². The number of benzene rings is 2. The summed E-state index contributed by atoms with van der Waals surface area (Å²) in [5, 5.41) is 5.03. The Morgan fingerprint density at radius 1 is 1.11 bits per heavy atom. The van der Waals surface area contributed by atoms with Crippen molar-refractivity contribution in [1.82, 2.24) is 10.3 Å². The summed E-state index contributed by atoms with van der Waals surface area (Å²) in [6, 6.07) is 13.9. The molecule has 0 radical (unpaired) electrons. The molecule has 1 heterocycles. The molecule has 0 unspecified atom stereocenters. The minimum absolute atomic E-state index is 0.0288. The van der Waals surface area contributed by atoms with E-state index in [2.05, 4.69) is 10.3 Å². The van der Waals surface area contributed by atoms with Crippen LogP contribution in [-0.2, 0) is 6.42 Å². The van der Waals surface area contributed by atoms with E-state index in [9.17, 15) is 9.59 Å². The summed E-state index contributed by atoms with van der Waals surface area (Å²) in [6.07, 6.45) is 0.620. The molecule has 0 spiro atoms. The third kappa shape index (κ3) is 3.87. The number of amides is 1. The highest BCUT2D eigenvalue weighted by molar-refractivity contribution is 6.02. The van der Waals surface area contributed by atoms with Gasteiger partial charge in [-0.15, -0.1) is 0 Å². The topological polar surface area (TPSA) is 71.2 Å². The number of rotatable bonds is 7. The molecule has 1 aromatic heterocycles. The molecule has 0 fully saturated rings. The Balaban J connectivity index is 1.63. The van der Waals surface area contributed by atoms with E-state index >= 15 is 0 Å². The standard InChI is InChI=1S/C22H24N2O3/c1-4-17-20(15(3)25)14(2)24-21(17)22(26)23-12-13-27-19-11-7-9-16-8-5-6-10-18(16)19/h5-11,24H,4,12-13H2,1-3H3,(H,23,26). The molecule has 2 N–H and O–H groups in total. The first-order valence-corrected chi connectivity index (χ1v) is 9.14. The number of ketones is 1. The van der Waals surface area contributed by atoms with Gasteiger partial charge in [-0.1, -0.05) is 43.3 Å². The van der Waals surface area contributed by atoms with Gasteiger partial charge in [-0.25, -0.2) is 0 Å². The number of aryl methyl sites for hydroxylation is 1. The zero-order valence-electron chi connectivity index (χ0n) is 15.9. The number of fused-ring (bicyclic) bond motifs is 1. The van der Waals surface area contributed by atoms with Gasteiger partial charge in [-0.3, -0.25) is 9.59 Å². The van der Waals surface area contributed by atoms with Crippen LogP contribution in [0.2, 0.25) is 0 Å². The quantitative estimate of drug-likeness (QED) is 0.491. The van der Waals surface area contributed by atoms with Gasteiger partial charge < -0.3 is 15.0 Å². The van der Waals surface area contributed by atoms with E-state index in [0.29, 0.717) is 30.8 Å². The highest BCUT2D eigenvalue weighted by Gasteiger charge is 2.21. The van der Waals surface area contributed by atoms with Gasteiger partial charge in [0.2, 0.25) is 0 Å². The second kappa shape index (κ2) is 8.08. The van der Waals surface area contributed by atoms with Crippen molar-refractivity contribution in [3.8, 4) is 5.75 Å². The number of hydrogen-bond donors (Lipinski definition) is 2. The molecule has 0 aliphatic rings. The van der Waals surface area contributed by atoms with E-state index < -0.39 is 0 Å². The Hall–Kier alpha value is -3.08. The number of Topliss-reactive ketones (excluding diaryl/α,β-unsaturated/α-hetero) is 1. The Kier molecular flexibility index (Phi) is 5.60.